The molecule has 0 saturated carbocycles. The molecule has 2 aromatic carbocycles. The van der Waals surface area contributed by atoms with Crippen LogP contribution in [0.5, 0.6) is 5.75 Å². The molecule has 2 unspecified atom stereocenters. The number of carboxylic acids is 1. The average molecular weight is 407 g/mol. The van der Waals surface area contributed by atoms with Gasteiger partial charge in [0, 0.05) is 5.56 Å². The number of hydrogen-bond donors (Lipinski definition) is 1. The van der Waals surface area contributed by atoms with Gasteiger partial charge in [-0.15, -0.1) is 0 Å². The lowest BCUT2D eigenvalue weighted by atomic mass is 9.90. The van der Waals surface area contributed by atoms with Crippen molar-refractivity contribution < 1.29 is 27.8 Å². The molecule has 0 aromatic heterocycles. The molecule has 0 spiro atoms. The Kier molecular flexibility index (Phi) is 6.47. The molecule has 1 aliphatic heterocycles. The zero-order chi connectivity index (χ0) is 21.0. The number of hydrogen-bond acceptors (Lipinski definition) is 3. The number of para-hydroxylation sites is 1. The van der Waals surface area contributed by atoms with E-state index in [0.29, 0.717) is 36.4 Å². The molecular weight excluding hydrogens is 383 g/mol. The Hall–Kier alpha value is -2.54. The van der Waals surface area contributed by atoms with Crippen LogP contribution in [0.3, 0.4) is 0 Å². The van der Waals surface area contributed by atoms with E-state index < -0.39 is 29.8 Å². The maximum absolute atomic E-state index is 13.3. The predicted molar refractivity (Wildman–Crippen MR) is 103 cm³/mol. The van der Waals surface area contributed by atoms with Crippen LogP contribution >= 0.6 is 0 Å². The number of carbonyl (C=O) groups is 1. The normalized spacial score (nSPS) is 19.0. The Labute approximate surface area is 167 Å². The van der Waals surface area contributed by atoms with Crippen LogP contribution in [0.15, 0.2) is 48.5 Å². The molecule has 1 fully saturated rings. The number of alkyl halides is 3. The lowest BCUT2D eigenvalue weighted by Gasteiger charge is -2.40. The van der Waals surface area contributed by atoms with Gasteiger partial charge < -0.3 is 9.84 Å². The van der Waals surface area contributed by atoms with Crippen LogP contribution in [-0.4, -0.2) is 35.2 Å². The van der Waals surface area contributed by atoms with Gasteiger partial charge in [0.25, 0.3) is 0 Å². The van der Waals surface area contributed by atoms with Crippen LogP contribution in [-0.2, 0) is 11.0 Å². The van der Waals surface area contributed by atoms with Crippen molar-refractivity contribution >= 4 is 5.97 Å². The number of likely N-dealkylation sites (tertiary alicyclic amines) is 1. The van der Waals surface area contributed by atoms with E-state index in [1.54, 1.807) is 35.2 Å². The highest BCUT2D eigenvalue weighted by atomic mass is 19.4. The van der Waals surface area contributed by atoms with Crippen molar-refractivity contribution in [1.29, 1.82) is 0 Å². The Morgan fingerprint density at radius 2 is 1.97 bits per heavy atom. The van der Waals surface area contributed by atoms with Gasteiger partial charge in [-0.1, -0.05) is 36.8 Å². The molecular formula is C22H24F3NO3. The van der Waals surface area contributed by atoms with E-state index in [1.807, 2.05) is 6.92 Å². The second-order valence-electron chi connectivity index (χ2n) is 7.08. The number of halogens is 3. The van der Waals surface area contributed by atoms with E-state index in [0.717, 1.165) is 25.0 Å². The molecule has 156 valence electrons. The van der Waals surface area contributed by atoms with E-state index in [4.69, 9.17) is 4.74 Å². The summed E-state index contributed by atoms with van der Waals surface area (Å²) in [4.78, 5) is 13.7. The van der Waals surface area contributed by atoms with Gasteiger partial charge >= 0.3 is 12.1 Å². The number of carboxylic acid groups (broad SMARTS) is 1. The molecule has 2 atom stereocenters. The van der Waals surface area contributed by atoms with Crippen LogP contribution in [0.1, 0.15) is 48.9 Å². The Morgan fingerprint density at radius 1 is 1.21 bits per heavy atom. The molecule has 1 heterocycles. The topological polar surface area (TPSA) is 49.8 Å². The molecule has 7 heteroatoms. The molecule has 4 nitrogen and oxygen atoms in total. The third kappa shape index (κ3) is 4.72. The summed E-state index contributed by atoms with van der Waals surface area (Å²) in [5.74, 6) is -0.414. The second-order valence-corrected chi connectivity index (χ2v) is 7.08. The quantitative estimate of drug-likeness (QED) is 0.721. The molecule has 0 aliphatic carbocycles. The first-order valence-electron chi connectivity index (χ1n) is 9.70. The second kappa shape index (κ2) is 8.86. The zero-order valence-electron chi connectivity index (χ0n) is 16.2. The molecule has 29 heavy (non-hydrogen) atoms. The minimum Gasteiger partial charge on any atom is -0.494 e. The van der Waals surface area contributed by atoms with Crippen molar-refractivity contribution in [1.82, 2.24) is 4.90 Å². The van der Waals surface area contributed by atoms with Gasteiger partial charge in [-0.2, -0.15) is 13.2 Å². The third-order valence-electron chi connectivity index (χ3n) is 5.20. The van der Waals surface area contributed by atoms with Gasteiger partial charge in [-0.3, -0.25) is 9.69 Å². The highest BCUT2D eigenvalue weighted by Crippen LogP contribution is 2.40. The van der Waals surface area contributed by atoms with Crippen LogP contribution in [0.2, 0.25) is 0 Å². The summed E-state index contributed by atoms with van der Waals surface area (Å²) in [5.41, 5.74) is 0.319. The fraction of sp³-hybridized carbons (Fsp3) is 0.409. The zero-order valence-corrected chi connectivity index (χ0v) is 16.2. The Morgan fingerprint density at radius 3 is 2.66 bits per heavy atom. The van der Waals surface area contributed by atoms with Crippen molar-refractivity contribution in [2.24, 2.45) is 0 Å². The lowest BCUT2D eigenvalue weighted by molar-refractivity contribution is -0.145. The first kappa shape index (κ1) is 21.2. The largest absolute Gasteiger partial charge is 0.494 e. The van der Waals surface area contributed by atoms with Gasteiger partial charge in [0.05, 0.1) is 18.2 Å². The Bertz CT molecular complexity index is 853. The summed E-state index contributed by atoms with van der Waals surface area (Å²) in [6.07, 6.45) is -2.46. The van der Waals surface area contributed by atoms with Crippen LogP contribution in [0, 0.1) is 0 Å². The fourth-order valence-electron chi connectivity index (χ4n) is 3.96. The van der Waals surface area contributed by atoms with Crippen molar-refractivity contribution in [2.45, 2.75) is 44.4 Å². The first-order chi connectivity index (χ1) is 13.8. The van der Waals surface area contributed by atoms with Gasteiger partial charge in [-0.05, 0) is 50.1 Å². The monoisotopic (exact) mass is 407 g/mol. The highest BCUT2D eigenvalue weighted by molar-refractivity contribution is 5.73. The van der Waals surface area contributed by atoms with E-state index in [9.17, 15) is 23.1 Å². The summed E-state index contributed by atoms with van der Waals surface area (Å²) in [6.45, 7) is 2.71. The molecule has 3 rings (SSSR count). The number of nitrogens with zero attached hydrogens (tertiary/aromatic N) is 1. The summed E-state index contributed by atoms with van der Waals surface area (Å²) >= 11 is 0. The van der Waals surface area contributed by atoms with Crippen molar-refractivity contribution in [3.63, 3.8) is 0 Å². The number of piperidine rings is 1. The molecule has 1 aliphatic rings. The van der Waals surface area contributed by atoms with Crippen molar-refractivity contribution in [3.8, 4) is 5.75 Å². The summed E-state index contributed by atoms with van der Waals surface area (Å²) < 4.78 is 45.8. The first-order valence-corrected chi connectivity index (χ1v) is 9.70. The third-order valence-corrected chi connectivity index (χ3v) is 5.20. The maximum atomic E-state index is 13.3. The molecule has 0 bridgehead atoms. The maximum Gasteiger partial charge on any atom is 0.416 e. The van der Waals surface area contributed by atoms with Gasteiger partial charge in [-0.25, -0.2) is 0 Å². The van der Waals surface area contributed by atoms with E-state index in [2.05, 4.69) is 0 Å². The smallest absolute Gasteiger partial charge is 0.416 e. The van der Waals surface area contributed by atoms with E-state index in [1.165, 1.54) is 6.07 Å². The predicted octanol–water partition coefficient (Wildman–Crippen LogP) is 5.13. The van der Waals surface area contributed by atoms with Crippen LogP contribution in [0.4, 0.5) is 13.2 Å². The van der Waals surface area contributed by atoms with Crippen molar-refractivity contribution in [3.05, 3.63) is 65.2 Å². The molecule has 2 aromatic rings. The standard InChI is InChI=1S/C22H24F3NO3/c1-2-29-19-12-4-3-10-17(19)20(26-13-6-5-11-18(26)21(27)28)15-8-7-9-16(14-15)22(23,24)25/h3-4,7-10,12,14,18,20H,2,5-6,11,13H2,1H3,(H,27,28). The van der Waals surface area contributed by atoms with E-state index >= 15 is 0 Å². The molecule has 1 saturated heterocycles. The van der Waals surface area contributed by atoms with Crippen molar-refractivity contribution in [2.75, 3.05) is 13.2 Å². The number of ether oxygens (including phenoxy) is 1. The number of benzene rings is 2. The van der Waals surface area contributed by atoms with Crippen LogP contribution < -0.4 is 4.74 Å². The summed E-state index contributed by atoms with van der Waals surface area (Å²) in [6, 6.07) is 10.9. The van der Waals surface area contributed by atoms with Gasteiger partial charge in [0.1, 0.15) is 11.8 Å². The molecule has 0 amide bonds. The fourth-order valence-corrected chi connectivity index (χ4v) is 3.96. The minimum atomic E-state index is -4.48. The number of rotatable bonds is 6. The van der Waals surface area contributed by atoms with E-state index in [-0.39, 0.29) is 0 Å². The molecule has 1 N–H and O–H groups in total. The molecule has 0 radical (unpaired) electrons. The Balaban J connectivity index is 2.16. The van der Waals surface area contributed by atoms with Gasteiger partial charge in [0.2, 0.25) is 0 Å². The minimum absolute atomic E-state index is 0.398. The van der Waals surface area contributed by atoms with Crippen LogP contribution in [0.25, 0.3) is 0 Å². The summed E-state index contributed by atoms with van der Waals surface area (Å²) in [7, 11) is 0. The average Bonchev–Trinajstić information content (AvgIpc) is 2.69. The lowest BCUT2D eigenvalue weighted by Crippen LogP contribution is -2.47. The SMILES string of the molecule is CCOc1ccccc1C(c1cccc(C(F)(F)F)c1)N1CCCCC1C(=O)O. The van der Waals surface area contributed by atoms with Gasteiger partial charge in [0.15, 0.2) is 0 Å². The summed E-state index contributed by atoms with van der Waals surface area (Å²) in [5, 5.41) is 9.75. The highest BCUT2D eigenvalue weighted by Gasteiger charge is 2.37. The number of aliphatic carboxylic acids is 1.